The van der Waals surface area contributed by atoms with Crippen molar-refractivity contribution < 1.29 is 13.9 Å². The van der Waals surface area contributed by atoms with Gasteiger partial charge >= 0.3 is 0 Å². The normalized spacial score (nSPS) is 24.0. The second-order valence-electron chi connectivity index (χ2n) is 5.80. The Bertz CT molecular complexity index is 496. The molecule has 0 aromatic heterocycles. The van der Waals surface area contributed by atoms with Gasteiger partial charge in [0.1, 0.15) is 5.82 Å². The van der Waals surface area contributed by atoms with Crippen molar-refractivity contribution in [1.82, 2.24) is 5.32 Å². The first kappa shape index (κ1) is 14.8. The molecule has 1 fully saturated rings. The largest absolute Gasteiger partial charge is 0.399 e. The molecule has 3 N–H and O–H groups in total. The number of hydrogen-bond acceptors (Lipinski definition) is 3. The lowest BCUT2D eigenvalue weighted by Crippen LogP contribution is -2.62. The Morgan fingerprint density at radius 1 is 1.50 bits per heavy atom. The smallest absolute Gasteiger partial charge is 0.251 e. The summed E-state index contributed by atoms with van der Waals surface area (Å²) in [5.74, 6) is -0.806. The van der Waals surface area contributed by atoms with Crippen LogP contribution in [0.4, 0.5) is 10.1 Å². The van der Waals surface area contributed by atoms with E-state index in [1.807, 2.05) is 6.92 Å². The van der Waals surface area contributed by atoms with Crippen LogP contribution in [0, 0.1) is 11.2 Å². The Balaban J connectivity index is 2.02. The number of halogens is 1. The van der Waals surface area contributed by atoms with Gasteiger partial charge in [0.2, 0.25) is 0 Å². The average molecular weight is 280 g/mol. The molecule has 0 radical (unpaired) electrons. The Hall–Kier alpha value is -1.62. The van der Waals surface area contributed by atoms with Crippen LogP contribution in [0.15, 0.2) is 18.2 Å². The van der Waals surface area contributed by atoms with Gasteiger partial charge in [0, 0.05) is 29.3 Å². The van der Waals surface area contributed by atoms with Gasteiger partial charge in [-0.1, -0.05) is 13.8 Å². The summed E-state index contributed by atoms with van der Waals surface area (Å²) in [6.45, 7) is 6.73. The lowest BCUT2D eigenvalue weighted by Gasteiger charge is -2.51. The molecular formula is C15H21FN2O2. The van der Waals surface area contributed by atoms with Crippen molar-refractivity contribution in [2.75, 3.05) is 12.3 Å². The molecule has 0 spiro atoms. The van der Waals surface area contributed by atoms with E-state index in [0.717, 1.165) is 6.42 Å². The molecule has 1 aliphatic rings. The maximum absolute atomic E-state index is 13.3. The first-order valence-electron chi connectivity index (χ1n) is 6.83. The summed E-state index contributed by atoms with van der Waals surface area (Å²) in [6, 6.07) is 3.88. The molecule has 20 heavy (non-hydrogen) atoms. The Morgan fingerprint density at radius 3 is 2.75 bits per heavy atom. The van der Waals surface area contributed by atoms with Crippen LogP contribution < -0.4 is 11.1 Å². The molecule has 0 heterocycles. The van der Waals surface area contributed by atoms with Crippen molar-refractivity contribution in [2.24, 2.45) is 5.41 Å². The highest BCUT2D eigenvalue weighted by molar-refractivity contribution is 5.95. The Labute approximate surface area is 118 Å². The molecular weight excluding hydrogens is 259 g/mol. The van der Waals surface area contributed by atoms with E-state index < -0.39 is 5.82 Å². The van der Waals surface area contributed by atoms with E-state index in [-0.39, 0.29) is 34.7 Å². The van der Waals surface area contributed by atoms with E-state index in [4.69, 9.17) is 10.5 Å². The fourth-order valence-corrected chi connectivity index (χ4v) is 2.60. The van der Waals surface area contributed by atoms with Crippen LogP contribution in [-0.2, 0) is 4.74 Å². The number of ether oxygens (including phenoxy) is 1. The fraction of sp³-hybridized carbons (Fsp3) is 0.533. The molecule has 1 aromatic carbocycles. The molecule has 1 saturated carbocycles. The van der Waals surface area contributed by atoms with E-state index in [9.17, 15) is 9.18 Å². The number of rotatable bonds is 4. The van der Waals surface area contributed by atoms with Gasteiger partial charge in [0.25, 0.3) is 5.91 Å². The zero-order chi connectivity index (χ0) is 14.9. The van der Waals surface area contributed by atoms with Crippen LogP contribution in [0.2, 0.25) is 0 Å². The van der Waals surface area contributed by atoms with Gasteiger partial charge in [-0.15, -0.1) is 0 Å². The van der Waals surface area contributed by atoms with Crippen LogP contribution in [-0.4, -0.2) is 24.7 Å². The molecule has 1 amide bonds. The van der Waals surface area contributed by atoms with Crippen LogP contribution in [0.5, 0.6) is 0 Å². The van der Waals surface area contributed by atoms with E-state index in [0.29, 0.717) is 6.61 Å². The SMILES string of the molecule is CCOC1CC(NC(=O)c2cc(N)cc(F)c2)C1(C)C. The molecule has 4 nitrogen and oxygen atoms in total. The number of carbonyl (C=O) groups is 1. The van der Waals surface area contributed by atoms with Crippen molar-refractivity contribution in [3.8, 4) is 0 Å². The highest BCUT2D eigenvalue weighted by atomic mass is 19.1. The molecule has 1 aliphatic carbocycles. The average Bonchev–Trinajstić information content (AvgIpc) is 2.36. The van der Waals surface area contributed by atoms with Gasteiger partial charge in [-0.3, -0.25) is 4.79 Å². The summed E-state index contributed by atoms with van der Waals surface area (Å²) in [5, 5.41) is 2.92. The van der Waals surface area contributed by atoms with Crippen molar-refractivity contribution >= 4 is 11.6 Å². The van der Waals surface area contributed by atoms with Gasteiger partial charge in [-0.25, -0.2) is 4.39 Å². The molecule has 2 rings (SSSR count). The van der Waals surface area contributed by atoms with Crippen LogP contribution in [0.3, 0.4) is 0 Å². The lowest BCUT2D eigenvalue weighted by molar-refractivity contribution is -0.111. The fourth-order valence-electron chi connectivity index (χ4n) is 2.60. The third-order valence-electron chi connectivity index (χ3n) is 4.03. The topological polar surface area (TPSA) is 64.3 Å². The van der Waals surface area contributed by atoms with E-state index >= 15 is 0 Å². The van der Waals surface area contributed by atoms with Crippen molar-refractivity contribution in [2.45, 2.75) is 39.3 Å². The molecule has 0 aliphatic heterocycles. The predicted molar refractivity (Wildman–Crippen MR) is 75.9 cm³/mol. The van der Waals surface area contributed by atoms with Crippen LogP contribution in [0.1, 0.15) is 37.6 Å². The van der Waals surface area contributed by atoms with E-state index in [1.165, 1.54) is 18.2 Å². The number of benzene rings is 1. The quantitative estimate of drug-likeness (QED) is 0.832. The first-order valence-corrected chi connectivity index (χ1v) is 6.83. The Morgan fingerprint density at radius 2 is 2.20 bits per heavy atom. The van der Waals surface area contributed by atoms with Crippen molar-refractivity contribution in [1.29, 1.82) is 0 Å². The van der Waals surface area contributed by atoms with E-state index in [2.05, 4.69) is 19.2 Å². The van der Waals surface area contributed by atoms with Gasteiger partial charge in [0.05, 0.1) is 6.10 Å². The zero-order valence-corrected chi connectivity index (χ0v) is 12.1. The third kappa shape index (κ3) is 2.77. The summed E-state index contributed by atoms with van der Waals surface area (Å²) in [4.78, 5) is 12.1. The summed E-state index contributed by atoms with van der Waals surface area (Å²) >= 11 is 0. The molecule has 0 saturated heterocycles. The number of carbonyl (C=O) groups excluding carboxylic acids is 1. The predicted octanol–water partition coefficient (Wildman–Crippen LogP) is 2.34. The maximum atomic E-state index is 13.3. The minimum Gasteiger partial charge on any atom is -0.399 e. The summed E-state index contributed by atoms with van der Waals surface area (Å²) in [5.41, 5.74) is 5.92. The van der Waals surface area contributed by atoms with Gasteiger partial charge in [-0.2, -0.15) is 0 Å². The molecule has 0 bridgehead atoms. The standard InChI is InChI=1S/C15H21FN2O2/c1-4-20-13-8-12(15(13,2)3)18-14(19)9-5-10(16)7-11(17)6-9/h5-7,12-13H,4,8,17H2,1-3H3,(H,18,19). The number of nitrogens with one attached hydrogen (secondary N) is 1. The minimum atomic E-state index is -0.504. The highest BCUT2D eigenvalue weighted by Crippen LogP contribution is 2.42. The third-order valence-corrected chi connectivity index (χ3v) is 4.03. The Kier molecular flexibility index (Phi) is 3.99. The molecule has 110 valence electrons. The number of anilines is 1. The summed E-state index contributed by atoms with van der Waals surface area (Å²) in [7, 11) is 0. The highest BCUT2D eigenvalue weighted by Gasteiger charge is 2.49. The molecule has 2 unspecified atom stereocenters. The first-order chi connectivity index (χ1) is 9.34. The number of amides is 1. The maximum Gasteiger partial charge on any atom is 0.251 e. The summed E-state index contributed by atoms with van der Waals surface area (Å²) < 4.78 is 18.9. The van der Waals surface area contributed by atoms with Crippen LogP contribution in [0.25, 0.3) is 0 Å². The number of nitrogen functional groups attached to an aromatic ring is 1. The van der Waals surface area contributed by atoms with Gasteiger partial charge < -0.3 is 15.8 Å². The molecule has 2 atom stereocenters. The lowest BCUT2D eigenvalue weighted by atomic mass is 9.64. The van der Waals surface area contributed by atoms with Gasteiger partial charge in [-0.05, 0) is 31.5 Å². The molecule has 1 aromatic rings. The van der Waals surface area contributed by atoms with Crippen LogP contribution >= 0.6 is 0 Å². The number of nitrogens with two attached hydrogens (primary N) is 1. The van der Waals surface area contributed by atoms with Crippen molar-refractivity contribution in [3.05, 3.63) is 29.6 Å². The van der Waals surface area contributed by atoms with E-state index in [1.54, 1.807) is 0 Å². The van der Waals surface area contributed by atoms with Crippen molar-refractivity contribution in [3.63, 3.8) is 0 Å². The second kappa shape index (κ2) is 5.40. The zero-order valence-electron chi connectivity index (χ0n) is 12.1. The monoisotopic (exact) mass is 280 g/mol. The minimum absolute atomic E-state index is 0.0241. The number of hydrogen-bond donors (Lipinski definition) is 2. The molecule has 5 heteroatoms. The summed E-state index contributed by atoms with van der Waals surface area (Å²) in [6.07, 6.45) is 0.924. The second-order valence-corrected chi connectivity index (χ2v) is 5.80. The van der Waals surface area contributed by atoms with Gasteiger partial charge in [0.15, 0.2) is 0 Å².